The number of carbonyl (C=O) groups excluding carboxylic acids is 2. The highest BCUT2D eigenvalue weighted by Gasteiger charge is 2.50. The number of hydrogen-bond acceptors (Lipinski definition) is 4. The largest absolute Gasteiger partial charge is 0.481 e. The molecule has 0 unspecified atom stereocenters. The molecule has 1 aliphatic heterocycles. The average Bonchev–Trinajstić information content (AvgIpc) is 3.56. The van der Waals surface area contributed by atoms with Gasteiger partial charge >= 0.3 is 18.2 Å². The molecule has 2 amide bonds. The van der Waals surface area contributed by atoms with Crippen molar-refractivity contribution in [2.24, 2.45) is 10.4 Å². The van der Waals surface area contributed by atoms with Crippen molar-refractivity contribution in [3.05, 3.63) is 59.2 Å². The first-order valence-electron chi connectivity index (χ1n) is 11.2. The van der Waals surface area contributed by atoms with E-state index in [0.29, 0.717) is 49.1 Å². The molecule has 1 saturated carbocycles. The van der Waals surface area contributed by atoms with E-state index in [4.69, 9.17) is 4.74 Å². The SMILES string of the molecule is O=C(/N=c1\[nH]c2cc(N3CCCOC3=O)ccc2n1CC1(C(=O)O)CC1)c1cccc(C(F)(F)F)c1. The van der Waals surface area contributed by atoms with Crippen LogP contribution in [0, 0.1) is 5.41 Å². The molecule has 0 bridgehead atoms. The Morgan fingerprint density at radius 3 is 2.61 bits per heavy atom. The number of alkyl halides is 3. The van der Waals surface area contributed by atoms with E-state index in [1.54, 1.807) is 22.8 Å². The molecule has 3 aromatic rings. The highest BCUT2D eigenvalue weighted by atomic mass is 19.4. The first kappa shape index (κ1) is 23.6. The van der Waals surface area contributed by atoms with Crippen LogP contribution in [0.3, 0.4) is 0 Å². The van der Waals surface area contributed by atoms with Crippen LogP contribution in [0.2, 0.25) is 0 Å². The molecule has 2 heterocycles. The van der Waals surface area contributed by atoms with Crippen molar-refractivity contribution < 1.29 is 37.4 Å². The molecule has 36 heavy (non-hydrogen) atoms. The number of carbonyl (C=O) groups is 3. The summed E-state index contributed by atoms with van der Waals surface area (Å²) in [5.74, 6) is -1.89. The van der Waals surface area contributed by atoms with Gasteiger partial charge in [-0.05, 0) is 55.7 Å². The van der Waals surface area contributed by atoms with Gasteiger partial charge in [-0.1, -0.05) is 6.07 Å². The Labute approximate surface area is 201 Å². The molecule has 188 valence electrons. The van der Waals surface area contributed by atoms with Gasteiger partial charge in [-0.25, -0.2) is 4.79 Å². The molecule has 0 radical (unpaired) electrons. The predicted octanol–water partition coefficient (Wildman–Crippen LogP) is 3.94. The molecule has 1 aliphatic carbocycles. The van der Waals surface area contributed by atoms with E-state index in [1.165, 1.54) is 11.0 Å². The van der Waals surface area contributed by atoms with Crippen LogP contribution in [0.5, 0.6) is 0 Å². The van der Waals surface area contributed by atoms with E-state index in [9.17, 15) is 32.7 Å². The van der Waals surface area contributed by atoms with Gasteiger partial charge in [0.05, 0.1) is 28.6 Å². The van der Waals surface area contributed by atoms with Gasteiger partial charge in [0.1, 0.15) is 0 Å². The number of aromatic amines is 1. The minimum atomic E-state index is -4.62. The topological polar surface area (TPSA) is 117 Å². The fourth-order valence-electron chi connectivity index (χ4n) is 4.25. The van der Waals surface area contributed by atoms with Crippen molar-refractivity contribution >= 4 is 34.7 Å². The van der Waals surface area contributed by atoms with E-state index in [1.807, 2.05) is 0 Å². The van der Waals surface area contributed by atoms with Crippen molar-refractivity contribution in [2.45, 2.75) is 32.0 Å². The zero-order valence-electron chi connectivity index (χ0n) is 18.8. The number of carboxylic acid groups (broad SMARTS) is 1. The number of halogens is 3. The lowest BCUT2D eigenvalue weighted by Crippen LogP contribution is -2.37. The molecule has 0 atom stereocenters. The highest BCUT2D eigenvalue weighted by molar-refractivity contribution is 5.95. The number of rotatable bonds is 5. The first-order chi connectivity index (χ1) is 17.1. The standard InChI is InChI=1S/C24H21F3N4O5/c25-24(26,27)15-4-1-3-14(11-15)19(32)29-21-28-17-12-16(30-9-2-10-36-22(30)35)5-6-18(17)31(21)13-23(7-8-23)20(33)34/h1,3-6,11-12H,2,7-10,13H2,(H,33,34)(H,28,29,32). The molecule has 2 N–H and O–H groups in total. The summed E-state index contributed by atoms with van der Waals surface area (Å²) in [5, 5.41) is 9.69. The van der Waals surface area contributed by atoms with Crippen LogP contribution in [0.15, 0.2) is 47.5 Å². The third-order valence-electron chi connectivity index (χ3n) is 6.47. The lowest BCUT2D eigenvalue weighted by molar-refractivity contribution is -0.144. The second kappa shape index (κ2) is 8.54. The van der Waals surface area contributed by atoms with E-state index >= 15 is 0 Å². The normalized spacial score (nSPS) is 17.8. The Morgan fingerprint density at radius 2 is 1.94 bits per heavy atom. The van der Waals surface area contributed by atoms with E-state index in [2.05, 4.69) is 9.98 Å². The smallest absolute Gasteiger partial charge is 0.416 e. The Hall–Kier alpha value is -4.09. The van der Waals surface area contributed by atoms with Gasteiger partial charge in [0.2, 0.25) is 5.62 Å². The maximum absolute atomic E-state index is 13.1. The minimum absolute atomic E-state index is 0.00157. The van der Waals surface area contributed by atoms with Crippen molar-refractivity contribution in [2.75, 3.05) is 18.1 Å². The molecule has 9 nitrogen and oxygen atoms in total. The average molecular weight is 502 g/mol. The predicted molar refractivity (Wildman–Crippen MR) is 120 cm³/mol. The number of H-pyrrole nitrogens is 1. The van der Waals surface area contributed by atoms with Crippen molar-refractivity contribution in [1.29, 1.82) is 0 Å². The summed E-state index contributed by atoms with van der Waals surface area (Å²) < 4.78 is 45.9. The highest BCUT2D eigenvalue weighted by Crippen LogP contribution is 2.47. The Kier molecular flexibility index (Phi) is 5.61. The fourth-order valence-corrected chi connectivity index (χ4v) is 4.25. The van der Waals surface area contributed by atoms with Crippen molar-refractivity contribution in [3.8, 4) is 0 Å². The summed E-state index contributed by atoms with van der Waals surface area (Å²) >= 11 is 0. The zero-order chi connectivity index (χ0) is 25.7. The van der Waals surface area contributed by atoms with Crippen LogP contribution >= 0.6 is 0 Å². The molecular formula is C24H21F3N4O5. The number of carboxylic acids is 1. The van der Waals surface area contributed by atoms with E-state index < -0.39 is 35.1 Å². The Balaban J connectivity index is 1.60. The van der Waals surface area contributed by atoms with Crippen LogP contribution in [-0.2, 0) is 22.3 Å². The van der Waals surface area contributed by atoms with Crippen LogP contribution in [0.1, 0.15) is 35.2 Å². The summed E-state index contributed by atoms with van der Waals surface area (Å²) in [6.07, 6.45) is -3.57. The number of aromatic nitrogens is 2. The van der Waals surface area contributed by atoms with Gasteiger partial charge in [-0.2, -0.15) is 18.2 Å². The number of amides is 2. The molecule has 2 aliphatic rings. The van der Waals surface area contributed by atoms with Gasteiger partial charge in [0.25, 0.3) is 5.91 Å². The number of benzene rings is 2. The molecular weight excluding hydrogens is 481 g/mol. The van der Waals surface area contributed by atoms with E-state index in [0.717, 1.165) is 18.2 Å². The molecule has 1 aromatic heterocycles. The number of fused-ring (bicyclic) bond motifs is 1. The maximum Gasteiger partial charge on any atom is 0.416 e. The van der Waals surface area contributed by atoms with Crippen LogP contribution in [0.4, 0.5) is 23.7 Å². The van der Waals surface area contributed by atoms with Gasteiger partial charge in [-0.15, -0.1) is 0 Å². The van der Waals surface area contributed by atoms with Gasteiger partial charge in [-0.3, -0.25) is 14.5 Å². The van der Waals surface area contributed by atoms with Gasteiger partial charge < -0.3 is 19.4 Å². The summed E-state index contributed by atoms with van der Waals surface area (Å²) in [6, 6.07) is 8.95. The van der Waals surface area contributed by atoms with Gasteiger partial charge in [0.15, 0.2) is 0 Å². The van der Waals surface area contributed by atoms with E-state index in [-0.39, 0.29) is 17.7 Å². The second-order valence-corrected chi connectivity index (χ2v) is 8.94. The number of cyclic esters (lactones) is 1. The molecule has 2 aromatic carbocycles. The molecule has 0 spiro atoms. The lowest BCUT2D eigenvalue weighted by Gasteiger charge is -2.26. The third kappa shape index (κ3) is 4.34. The number of aliphatic carboxylic acids is 1. The van der Waals surface area contributed by atoms with Crippen LogP contribution < -0.4 is 10.5 Å². The number of nitrogens with one attached hydrogen (secondary N) is 1. The quantitative estimate of drug-likeness (QED) is 0.548. The summed E-state index contributed by atoms with van der Waals surface area (Å²) in [6.45, 7) is 0.804. The number of imidazole rings is 1. The Bertz CT molecular complexity index is 1450. The number of hydrogen-bond donors (Lipinski definition) is 2. The van der Waals surface area contributed by atoms with Crippen LogP contribution in [-0.4, -0.2) is 45.8 Å². The summed E-state index contributed by atoms with van der Waals surface area (Å²) in [4.78, 5) is 45.3. The monoisotopic (exact) mass is 502 g/mol. The maximum atomic E-state index is 13.1. The zero-order valence-corrected chi connectivity index (χ0v) is 18.8. The number of ether oxygens (including phenoxy) is 1. The first-order valence-corrected chi connectivity index (χ1v) is 11.2. The fraction of sp³-hybridized carbons (Fsp3) is 0.333. The lowest BCUT2D eigenvalue weighted by atomic mass is 10.1. The second-order valence-electron chi connectivity index (χ2n) is 8.94. The number of nitrogens with zero attached hydrogens (tertiary/aromatic N) is 3. The molecule has 2 fully saturated rings. The van der Waals surface area contributed by atoms with Crippen molar-refractivity contribution in [1.82, 2.24) is 9.55 Å². The van der Waals surface area contributed by atoms with Crippen molar-refractivity contribution in [3.63, 3.8) is 0 Å². The Morgan fingerprint density at radius 1 is 1.17 bits per heavy atom. The molecule has 12 heteroatoms. The summed E-state index contributed by atoms with van der Waals surface area (Å²) in [5.41, 5.74) is -0.706. The van der Waals surface area contributed by atoms with Crippen LogP contribution in [0.25, 0.3) is 11.0 Å². The number of anilines is 1. The third-order valence-corrected chi connectivity index (χ3v) is 6.47. The molecule has 1 saturated heterocycles. The minimum Gasteiger partial charge on any atom is -0.481 e. The van der Waals surface area contributed by atoms with Gasteiger partial charge in [0, 0.05) is 24.3 Å². The summed E-state index contributed by atoms with van der Waals surface area (Å²) in [7, 11) is 0. The molecule has 5 rings (SSSR count).